The van der Waals surface area contributed by atoms with Gasteiger partial charge in [0.2, 0.25) is 0 Å². The Bertz CT molecular complexity index is 532. The molecule has 1 aromatic carbocycles. The van der Waals surface area contributed by atoms with Crippen LogP contribution in [0.4, 0.5) is 11.4 Å². The number of nitrogens with one attached hydrogen (secondary N) is 1. The van der Waals surface area contributed by atoms with Crippen LogP contribution in [0.15, 0.2) is 47.2 Å². The maximum Gasteiger partial charge on any atom is 0.0992 e. The number of pyridine rings is 1. The molecule has 0 saturated heterocycles. The Balaban J connectivity index is 2.29. The van der Waals surface area contributed by atoms with Gasteiger partial charge in [-0.3, -0.25) is 4.98 Å². The van der Waals surface area contributed by atoms with Crippen LogP contribution in [0, 0.1) is 11.3 Å². The monoisotopic (exact) mass is 273 g/mol. The summed E-state index contributed by atoms with van der Waals surface area (Å²) in [5, 5.41) is 12.0. The van der Waals surface area contributed by atoms with E-state index in [1.54, 1.807) is 24.5 Å². The van der Waals surface area contributed by atoms with E-state index in [1.807, 2.05) is 18.2 Å². The van der Waals surface area contributed by atoms with Crippen molar-refractivity contribution in [3.63, 3.8) is 0 Å². The Kier molecular flexibility index (Phi) is 3.18. The van der Waals surface area contributed by atoms with Crippen LogP contribution in [0.2, 0.25) is 0 Å². The van der Waals surface area contributed by atoms with Crippen LogP contribution in [-0.4, -0.2) is 4.98 Å². The van der Waals surface area contributed by atoms with Crippen LogP contribution in [0.1, 0.15) is 5.56 Å². The van der Waals surface area contributed by atoms with E-state index in [1.165, 1.54) is 0 Å². The maximum absolute atomic E-state index is 8.84. The van der Waals surface area contributed by atoms with Gasteiger partial charge in [0.25, 0.3) is 0 Å². The molecule has 0 saturated carbocycles. The highest BCUT2D eigenvalue weighted by Crippen LogP contribution is 2.22. The summed E-state index contributed by atoms with van der Waals surface area (Å²) in [4.78, 5) is 3.94. The minimum atomic E-state index is 0.617. The molecular weight excluding hydrogens is 266 g/mol. The van der Waals surface area contributed by atoms with Crippen LogP contribution in [-0.2, 0) is 0 Å². The fourth-order valence-corrected chi connectivity index (χ4v) is 1.82. The van der Waals surface area contributed by atoms with Gasteiger partial charge in [-0.05, 0) is 30.3 Å². The van der Waals surface area contributed by atoms with E-state index >= 15 is 0 Å². The zero-order valence-electron chi connectivity index (χ0n) is 8.31. The molecule has 78 valence electrons. The summed E-state index contributed by atoms with van der Waals surface area (Å²) in [6, 6.07) is 11.3. The van der Waals surface area contributed by atoms with E-state index in [2.05, 4.69) is 32.3 Å². The lowest BCUT2D eigenvalue weighted by Crippen LogP contribution is -1.91. The zero-order valence-corrected chi connectivity index (χ0v) is 9.90. The van der Waals surface area contributed by atoms with Gasteiger partial charge in [0.1, 0.15) is 0 Å². The second kappa shape index (κ2) is 4.77. The lowest BCUT2D eigenvalue weighted by atomic mass is 10.2. The van der Waals surface area contributed by atoms with Gasteiger partial charge in [0.15, 0.2) is 0 Å². The predicted octanol–water partition coefficient (Wildman–Crippen LogP) is 3.46. The Hall–Kier alpha value is -1.86. The molecule has 4 heteroatoms. The topological polar surface area (TPSA) is 48.7 Å². The molecule has 0 aliphatic heterocycles. The first-order chi connectivity index (χ1) is 7.78. The average molecular weight is 274 g/mol. The van der Waals surface area contributed by atoms with Gasteiger partial charge in [0.05, 0.1) is 11.6 Å². The molecule has 0 atom stereocenters. The normalized spacial score (nSPS) is 9.50. The van der Waals surface area contributed by atoms with Gasteiger partial charge in [-0.25, -0.2) is 0 Å². The first-order valence-electron chi connectivity index (χ1n) is 4.66. The maximum atomic E-state index is 8.84. The Morgan fingerprint density at radius 3 is 2.56 bits per heavy atom. The predicted molar refractivity (Wildman–Crippen MR) is 66.4 cm³/mol. The first-order valence-corrected chi connectivity index (χ1v) is 5.45. The number of nitriles is 1. The molecule has 0 unspecified atom stereocenters. The summed E-state index contributed by atoms with van der Waals surface area (Å²) in [6.07, 6.45) is 3.43. The number of rotatable bonds is 2. The number of benzene rings is 1. The highest BCUT2D eigenvalue weighted by molar-refractivity contribution is 9.10. The smallest absolute Gasteiger partial charge is 0.0992 e. The summed E-state index contributed by atoms with van der Waals surface area (Å²) in [7, 11) is 0. The van der Waals surface area contributed by atoms with Crippen LogP contribution >= 0.6 is 15.9 Å². The van der Waals surface area contributed by atoms with Gasteiger partial charge >= 0.3 is 0 Å². The molecule has 3 nitrogen and oxygen atoms in total. The minimum absolute atomic E-state index is 0.617. The van der Waals surface area contributed by atoms with Crippen molar-refractivity contribution in [2.45, 2.75) is 0 Å². The molecule has 0 aliphatic carbocycles. The molecule has 16 heavy (non-hydrogen) atoms. The van der Waals surface area contributed by atoms with Crippen molar-refractivity contribution in [3.05, 3.63) is 52.8 Å². The van der Waals surface area contributed by atoms with Crippen LogP contribution in [0.5, 0.6) is 0 Å². The van der Waals surface area contributed by atoms with Crippen molar-refractivity contribution in [3.8, 4) is 6.07 Å². The summed E-state index contributed by atoms with van der Waals surface area (Å²) in [5.41, 5.74) is 2.43. The Morgan fingerprint density at radius 1 is 1.12 bits per heavy atom. The molecule has 1 N–H and O–H groups in total. The molecular formula is C12H8BrN3. The summed E-state index contributed by atoms with van der Waals surface area (Å²) < 4.78 is 0.878. The first kappa shape index (κ1) is 10.7. The fourth-order valence-electron chi connectivity index (χ4n) is 1.33. The van der Waals surface area contributed by atoms with E-state index in [0.29, 0.717) is 5.56 Å². The third kappa shape index (κ3) is 2.59. The van der Waals surface area contributed by atoms with Crippen molar-refractivity contribution >= 4 is 27.3 Å². The molecule has 0 amide bonds. The number of halogens is 1. The van der Waals surface area contributed by atoms with Crippen LogP contribution < -0.4 is 5.32 Å². The van der Waals surface area contributed by atoms with Crippen molar-refractivity contribution in [1.29, 1.82) is 5.26 Å². The van der Waals surface area contributed by atoms with Crippen LogP contribution in [0.25, 0.3) is 0 Å². The quantitative estimate of drug-likeness (QED) is 0.912. The largest absolute Gasteiger partial charge is 0.355 e. The van der Waals surface area contributed by atoms with Gasteiger partial charge in [-0.2, -0.15) is 5.26 Å². The van der Waals surface area contributed by atoms with Crippen molar-refractivity contribution < 1.29 is 0 Å². The molecule has 0 bridgehead atoms. The summed E-state index contributed by atoms with van der Waals surface area (Å²) in [6.45, 7) is 0. The lowest BCUT2D eigenvalue weighted by Gasteiger charge is -2.06. The zero-order chi connectivity index (χ0) is 11.4. The third-order valence-electron chi connectivity index (χ3n) is 2.00. The minimum Gasteiger partial charge on any atom is -0.355 e. The molecule has 2 aromatic rings. The van der Waals surface area contributed by atoms with E-state index in [-0.39, 0.29) is 0 Å². The number of nitrogens with zero attached hydrogens (tertiary/aromatic N) is 2. The van der Waals surface area contributed by atoms with Gasteiger partial charge in [-0.15, -0.1) is 0 Å². The Morgan fingerprint density at radius 2 is 1.88 bits per heavy atom. The number of aromatic nitrogens is 1. The van der Waals surface area contributed by atoms with Crippen LogP contribution in [0.3, 0.4) is 0 Å². The number of hydrogen-bond acceptors (Lipinski definition) is 3. The SMILES string of the molecule is N#Cc1cc(Br)cc(Nc2ccncc2)c1. The second-order valence-corrected chi connectivity index (χ2v) is 4.12. The van der Waals surface area contributed by atoms with E-state index in [4.69, 9.17) is 5.26 Å². The van der Waals surface area contributed by atoms with Crippen molar-refractivity contribution in [1.82, 2.24) is 4.98 Å². The standard InChI is InChI=1S/C12H8BrN3/c13-10-5-9(8-14)6-12(7-10)16-11-1-3-15-4-2-11/h1-7H,(H,15,16). The second-order valence-electron chi connectivity index (χ2n) is 3.20. The highest BCUT2D eigenvalue weighted by atomic mass is 79.9. The van der Waals surface area contributed by atoms with Gasteiger partial charge < -0.3 is 5.32 Å². The highest BCUT2D eigenvalue weighted by Gasteiger charge is 1.99. The number of anilines is 2. The van der Waals surface area contributed by atoms with Crippen molar-refractivity contribution in [2.75, 3.05) is 5.32 Å². The van der Waals surface area contributed by atoms with Gasteiger partial charge in [0, 0.05) is 28.2 Å². The Labute approximate surface area is 102 Å². The van der Waals surface area contributed by atoms with E-state index in [0.717, 1.165) is 15.8 Å². The van der Waals surface area contributed by atoms with Crippen molar-refractivity contribution in [2.24, 2.45) is 0 Å². The third-order valence-corrected chi connectivity index (χ3v) is 2.45. The van der Waals surface area contributed by atoms with E-state index < -0.39 is 0 Å². The molecule has 1 heterocycles. The molecule has 2 rings (SSSR count). The van der Waals surface area contributed by atoms with Gasteiger partial charge in [-0.1, -0.05) is 15.9 Å². The van der Waals surface area contributed by atoms with E-state index in [9.17, 15) is 0 Å². The number of hydrogen-bond donors (Lipinski definition) is 1. The summed E-state index contributed by atoms with van der Waals surface area (Å²) >= 11 is 3.36. The molecule has 0 fully saturated rings. The summed E-state index contributed by atoms with van der Waals surface area (Å²) in [5.74, 6) is 0. The fraction of sp³-hybridized carbons (Fsp3) is 0. The molecule has 1 aromatic heterocycles. The molecule has 0 aliphatic rings. The average Bonchev–Trinajstić information content (AvgIpc) is 2.29. The molecule has 0 spiro atoms. The lowest BCUT2D eigenvalue weighted by molar-refractivity contribution is 1.32. The molecule has 0 radical (unpaired) electrons.